The summed E-state index contributed by atoms with van der Waals surface area (Å²) in [4.78, 5) is 0. The van der Waals surface area contributed by atoms with Crippen LogP contribution in [0.1, 0.15) is 37.0 Å². The van der Waals surface area contributed by atoms with Crippen molar-refractivity contribution in [3.8, 4) is 0 Å². The Balaban J connectivity index is 3.02. The van der Waals surface area contributed by atoms with E-state index in [9.17, 15) is 4.39 Å². The van der Waals surface area contributed by atoms with E-state index in [2.05, 4.69) is 25.1 Å². The Bertz CT molecular complexity index is 291. The van der Waals surface area contributed by atoms with Gasteiger partial charge in [-0.25, -0.2) is 0 Å². The zero-order chi connectivity index (χ0) is 10.6. The minimum Gasteiger partial charge on any atom is -0.250 e. The molecular weight excluding hydrogens is 175 g/mol. The lowest BCUT2D eigenvalue weighted by Crippen LogP contribution is -2.02. The first-order valence-electron chi connectivity index (χ1n) is 5.17. The number of alkyl halides is 1. The molecule has 0 fully saturated rings. The van der Waals surface area contributed by atoms with E-state index >= 15 is 0 Å². The third kappa shape index (κ3) is 2.57. The summed E-state index contributed by atoms with van der Waals surface area (Å²) in [7, 11) is 0. The van der Waals surface area contributed by atoms with Gasteiger partial charge in [-0.3, -0.25) is 4.39 Å². The highest BCUT2D eigenvalue weighted by molar-refractivity contribution is 5.40. The van der Waals surface area contributed by atoms with E-state index in [-0.39, 0.29) is 6.67 Å². The molecule has 1 aromatic rings. The summed E-state index contributed by atoms with van der Waals surface area (Å²) in [5, 5.41) is 0. The molecule has 0 aliphatic heterocycles. The standard InChI is InChI=1S/C13H18F/c1-4-5-12-7-6-10(2)8-13(12)11(3)9-14/h6-8H,4-5,9H2,1-3H3. The van der Waals surface area contributed by atoms with Gasteiger partial charge in [0.05, 0.1) is 6.67 Å². The first kappa shape index (κ1) is 11.2. The summed E-state index contributed by atoms with van der Waals surface area (Å²) in [5.41, 5.74) is 3.58. The average molecular weight is 193 g/mol. The molecule has 1 aromatic carbocycles. The highest BCUT2D eigenvalue weighted by Gasteiger charge is 2.10. The Morgan fingerprint density at radius 1 is 1.36 bits per heavy atom. The molecule has 0 aliphatic rings. The molecular formula is C13H18F. The Kier molecular flexibility index (Phi) is 4.12. The van der Waals surface area contributed by atoms with Gasteiger partial charge in [-0.15, -0.1) is 0 Å². The van der Waals surface area contributed by atoms with Gasteiger partial charge in [-0.05, 0) is 24.5 Å². The zero-order valence-corrected chi connectivity index (χ0v) is 9.23. The number of aryl methyl sites for hydroxylation is 2. The van der Waals surface area contributed by atoms with E-state index in [1.54, 1.807) is 0 Å². The second-order valence-electron chi connectivity index (χ2n) is 3.82. The minimum absolute atomic E-state index is 0.347. The number of halogens is 1. The third-order valence-corrected chi connectivity index (χ3v) is 2.44. The van der Waals surface area contributed by atoms with Crippen molar-refractivity contribution in [1.29, 1.82) is 0 Å². The van der Waals surface area contributed by atoms with Gasteiger partial charge in [0.25, 0.3) is 0 Å². The van der Waals surface area contributed by atoms with E-state index in [1.165, 1.54) is 11.1 Å². The predicted molar refractivity (Wildman–Crippen MR) is 59.2 cm³/mol. The number of hydrogen-bond donors (Lipinski definition) is 0. The lowest BCUT2D eigenvalue weighted by molar-refractivity contribution is 0.515. The van der Waals surface area contributed by atoms with Gasteiger partial charge in [-0.2, -0.15) is 0 Å². The third-order valence-electron chi connectivity index (χ3n) is 2.44. The summed E-state index contributed by atoms with van der Waals surface area (Å²) in [5.74, 6) is 0.845. The first-order chi connectivity index (χ1) is 6.69. The van der Waals surface area contributed by atoms with Crippen molar-refractivity contribution in [2.24, 2.45) is 0 Å². The molecule has 14 heavy (non-hydrogen) atoms. The maximum atomic E-state index is 12.6. The van der Waals surface area contributed by atoms with Crippen LogP contribution in [0.5, 0.6) is 0 Å². The molecule has 0 aromatic heterocycles. The summed E-state index contributed by atoms with van der Waals surface area (Å²) in [6, 6.07) is 6.30. The average Bonchev–Trinajstić information content (AvgIpc) is 2.20. The number of hydrogen-bond acceptors (Lipinski definition) is 0. The SMILES string of the molecule is CCCc1ccc(C)cc1[C](C)CF. The van der Waals surface area contributed by atoms with Crippen LogP contribution in [0.4, 0.5) is 4.39 Å². The molecule has 77 valence electrons. The van der Waals surface area contributed by atoms with Crippen LogP contribution in [-0.2, 0) is 6.42 Å². The van der Waals surface area contributed by atoms with Crippen LogP contribution in [0, 0.1) is 12.8 Å². The van der Waals surface area contributed by atoms with Crippen molar-refractivity contribution in [3.05, 3.63) is 40.8 Å². The van der Waals surface area contributed by atoms with Crippen LogP contribution >= 0.6 is 0 Å². The van der Waals surface area contributed by atoms with Gasteiger partial charge in [0.2, 0.25) is 0 Å². The van der Waals surface area contributed by atoms with E-state index in [4.69, 9.17) is 0 Å². The van der Waals surface area contributed by atoms with Crippen LogP contribution in [0.15, 0.2) is 18.2 Å². The monoisotopic (exact) mass is 193 g/mol. The van der Waals surface area contributed by atoms with Gasteiger partial charge in [-0.1, -0.05) is 44.0 Å². The van der Waals surface area contributed by atoms with E-state index < -0.39 is 0 Å². The maximum Gasteiger partial charge on any atom is 0.0997 e. The molecule has 1 rings (SSSR count). The molecule has 0 saturated heterocycles. The zero-order valence-electron chi connectivity index (χ0n) is 9.23. The smallest absolute Gasteiger partial charge is 0.0997 e. The molecule has 0 bridgehead atoms. The van der Waals surface area contributed by atoms with Gasteiger partial charge in [0.1, 0.15) is 0 Å². The fourth-order valence-corrected chi connectivity index (χ4v) is 1.65. The van der Waals surface area contributed by atoms with Crippen LogP contribution < -0.4 is 0 Å². The fourth-order valence-electron chi connectivity index (χ4n) is 1.65. The Morgan fingerprint density at radius 2 is 2.07 bits per heavy atom. The molecule has 1 heteroatoms. The molecule has 0 spiro atoms. The highest BCUT2D eigenvalue weighted by Crippen LogP contribution is 2.22. The van der Waals surface area contributed by atoms with Crippen LogP contribution in [0.2, 0.25) is 0 Å². The summed E-state index contributed by atoms with van der Waals surface area (Å²) >= 11 is 0. The molecule has 0 unspecified atom stereocenters. The number of benzene rings is 1. The second-order valence-corrected chi connectivity index (χ2v) is 3.82. The van der Waals surface area contributed by atoms with Crippen molar-refractivity contribution in [1.82, 2.24) is 0 Å². The van der Waals surface area contributed by atoms with Gasteiger partial charge in [0, 0.05) is 5.92 Å². The normalized spacial score (nSPS) is 10.9. The fraction of sp³-hybridized carbons (Fsp3) is 0.462. The van der Waals surface area contributed by atoms with E-state index in [0.717, 1.165) is 24.3 Å². The first-order valence-corrected chi connectivity index (χ1v) is 5.17. The Morgan fingerprint density at radius 3 is 2.64 bits per heavy atom. The van der Waals surface area contributed by atoms with Crippen LogP contribution in [0.25, 0.3) is 0 Å². The van der Waals surface area contributed by atoms with Gasteiger partial charge < -0.3 is 0 Å². The predicted octanol–water partition coefficient (Wildman–Crippen LogP) is 3.86. The van der Waals surface area contributed by atoms with E-state index in [0.29, 0.717) is 0 Å². The van der Waals surface area contributed by atoms with Crippen LogP contribution in [-0.4, -0.2) is 6.67 Å². The lowest BCUT2D eigenvalue weighted by Gasteiger charge is -2.13. The molecule has 0 nitrogen and oxygen atoms in total. The quantitative estimate of drug-likeness (QED) is 0.681. The molecule has 0 N–H and O–H groups in total. The Labute approximate surface area is 86.2 Å². The van der Waals surface area contributed by atoms with Crippen molar-refractivity contribution >= 4 is 0 Å². The van der Waals surface area contributed by atoms with Crippen molar-refractivity contribution in [2.45, 2.75) is 33.6 Å². The molecule has 0 heterocycles. The van der Waals surface area contributed by atoms with Crippen molar-refractivity contribution in [2.75, 3.05) is 6.67 Å². The number of rotatable bonds is 4. The molecule has 0 amide bonds. The summed E-state index contributed by atoms with van der Waals surface area (Å²) in [6.07, 6.45) is 2.14. The molecule has 1 radical (unpaired) electrons. The lowest BCUT2D eigenvalue weighted by atomic mass is 9.92. The summed E-state index contributed by atoms with van der Waals surface area (Å²) in [6.45, 7) is 5.72. The van der Waals surface area contributed by atoms with E-state index in [1.807, 2.05) is 13.8 Å². The maximum absolute atomic E-state index is 12.6. The minimum atomic E-state index is -0.347. The Hall–Kier alpha value is -0.850. The summed E-state index contributed by atoms with van der Waals surface area (Å²) < 4.78 is 12.6. The van der Waals surface area contributed by atoms with Crippen molar-refractivity contribution < 1.29 is 4.39 Å². The largest absolute Gasteiger partial charge is 0.250 e. The van der Waals surface area contributed by atoms with Gasteiger partial charge >= 0.3 is 0 Å². The van der Waals surface area contributed by atoms with Crippen LogP contribution in [0.3, 0.4) is 0 Å². The highest BCUT2D eigenvalue weighted by atomic mass is 19.1. The van der Waals surface area contributed by atoms with Gasteiger partial charge in [0.15, 0.2) is 0 Å². The topological polar surface area (TPSA) is 0 Å². The molecule has 0 aliphatic carbocycles. The molecule has 0 atom stereocenters. The second kappa shape index (κ2) is 5.14. The van der Waals surface area contributed by atoms with Crippen molar-refractivity contribution in [3.63, 3.8) is 0 Å². The molecule has 0 saturated carbocycles.